The number of aldehydes is 1. The molecule has 0 atom stereocenters. The maximum Gasteiger partial charge on any atom is 0.195 e. The van der Waals surface area contributed by atoms with E-state index in [0.29, 0.717) is 6.29 Å². The van der Waals surface area contributed by atoms with Crippen molar-refractivity contribution in [2.75, 3.05) is 5.75 Å². The van der Waals surface area contributed by atoms with E-state index in [1.54, 1.807) is 6.92 Å². The molecular weight excluding hydrogens is 240 g/mol. The van der Waals surface area contributed by atoms with E-state index in [1.165, 1.54) is 10.9 Å². The molecule has 0 amide bonds. The highest BCUT2D eigenvalue weighted by molar-refractivity contribution is 7.91. The Balaban J connectivity index is 2.53. The third kappa shape index (κ3) is 2.13. The van der Waals surface area contributed by atoms with Crippen molar-refractivity contribution in [1.82, 2.24) is 9.78 Å². The van der Waals surface area contributed by atoms with E-state index in [1.807, 2.05) is 0 Å². The Morgan fingerprint density at radius 2 is 2.12 bits per heavy atom. The zero-order valence-corrected chi connectivity index (χ0v) is 10.6. The Hall–Kier alpha value is -1.17. The van der Waals surface area contributed by atoms with Gasteiger partial charge in [-0.1, -0.05) is 19.8 Å². The summed E-state index contributed by atoms with van der Waals surface area (Å²) in [4.78, 5) is 10.9. The number of aromatic nitrogens is 2. The number of carbonyl (C=O) groups is 1. The molecular formula is C11H16N2O3S. The van der Waals surface area contributed by atoms with Crippen LogP contribution in [0.4, 0.5) is 0 Å². The molecule has 1 aromatic rings. The van der Waals surface area contributed by atoms with Gasteiger partial charge < -0.3 is 0 Å². The van der Waals surface area contributed by atoms with E-state index in [-0.39, 0.29) is 22.4 Å². The molecule has 0 aromatic carbocycles. The molecule has 0 N–H and O–H groups in total. The minimum absolute atomic E-state index is 0.00769. The van der Waals surface area contributed by atoms with Gasteiger partial charge in [-0.15, -0.1) is 0 Å². The van der Waals surface area contributed by atoms with Crippen LogP contribution in [0.25, 0.3) is 0 Å². The fraction of sp³-hybridized carbons (Fsp3) is 0.636. The predicted octanol–water partition coefficient (Wildman–Crippen LogP) is 1.60. The lowest BCUT2D eigenvalue weighted by molar-refractivity contribution is 0.112. The number of carbonyl (C=O) groups excluding carboxylic acids is 1. The molecule has 0 unspecified atom stereocenters. The van der Waals surface area contributed by atoms with E-state index < -0.39 is 9.84 Å². The van der Waals surface area contributed by atoms with Crippen molar-refractivity contribution in [3.8, 4) is 0 Å². The van der Waals surface area contributed by atoms with Crippen LogP contribution in [0.2, 0.25) is 0 Å². The van der Waals surface area contributed by atoms with Crippen molar-refractivity contribution in [3.05, 3.63) is 11.8 Å². The van der Waals surface area contributed by atoms with Gasteiger partial charge in [0.2, 0.25) is 0 Å². The summed E-state index contributed by atoms with van der Waals surface area (Å²) >= 11 is 0. The molecule has 2 rings (SSSR count). The summed E-state index contributed by atoms with van der Waals surface area (Å²) in [6, 6.07) is 0.125. The quantitative estimate of drug-likeness (QED) is 0.767. The summed E-state index contributed by atoms with van der Waals surface area (Å²) in [6.07, 6.45) is 5.98. The van der Waals surface area contributed by atoms with E-state index in [2.05, 4.69) is 5.10 Å². The van der Waals surface area contributed by atoms with Crippen LogP contribution in [0, 0.1) is 0 Å². The Labute approximate surface area is 101 Å². The van der Waals surface area contributed by atoms with Crippen molar-refractivity contribution in [3.63, 3.8) is 0 Å². The maximum atomic E-state index is 12.0. The van der Waals surface area contributed by atoms with Gasteiger partial charge in [0.25, 0.3) is 0 Å². The third-order valence-electron chi connectivity index (χ3n) is 3.25. The monoisotopic (exact) mass is 256 g/mol. The van der Waals surface area contributed by atoms with E-state index >= 15 is 0 Å². The molecule has 1 saturated carbocycles. The Bertz CT molecular complexity index is 513. The number of sulfone groups is 1. The fourth-order valence-electron chi connectivity index (χ4n) is 2.31. The average Bonchev–Trinajstić information content (AvgIpc) is 2.97. The van der Waals surface area contributed by atoms with Gasteiger partial charge in [0.1, 0.15) is 0 Å². The fourth-order valence-corrected chi connectivity index (χ4v) is 3.53. The Morgan fingerprint density at radius 1 is 1.47 bits per heavy atom. The normalized spacial score (nSPS) is 17.5. The highest BCUT2D eigenvalue weighted by atomic mass is 32.2. The lowest BCUT2D eigenvalue weighted by atomic mass is 10.2. The second-order valence-corrected chi connectivity index (χ2v) is 6.50. The number of hydrogen-bond donors (Lipinski definition) is 0. The predicted molar refractivity (Wildman–Crippen MR) is 62.8 cm³/mol. The Kier molecular flexibility index (Phi) is 3.33. The first-order chi connectivity index (χ1) is 8.10. The summed E-state index contributed by atoms with van der Waals surface area (Å²) in [7, 11) is -3.40. The SMILES string of the molecule is CCS(=O)(=O)c1c(C=O)cnn1C1CCCC1. The highest BCUT2D eigenvalue weighted by Gasteiger charge is 2.28. The molecule has 6 heteroatoms. The molecule has 1 aromatic heterocycles. The first-order valence-corrected chi connectivity index (χ1v) is 7.51. The smallest absolute Gasteiger partial charge is 0.195 e. The molecule has 0 aliphatic heterocycles. The summed E-state index contributed by atoms with van der Waals surface area (Å²) in [5, 5.41) is 4.19. The lowest BCUT2D eigenvalue weighted by Crippen LogP contribution is -2.17. The standard InChI is InChI=1S/C11H16N2O3S/c1-2-17(15,16)11-9(8-14)7-12-13(11)10-5-3-4-6-10/h7-8,10H,2-6H2,1H3. The third-order valence-corrected chi connectivity index (χ3v) is 5.02. The molecule has 0 radical (unpaired) electrons. The molecule has 5 nitrogen and oxygen atoms in total. The van der Waals surface area contributed by atoms with Crippen LogP contribution in [0.3, 0.4) is 0 Å². The second-order valence-electron chi connectivity index (χ2n) is 4.31. The molecule has 17 heavy (non-hydrogen) atoms. The van der Waals surface area contributed by atoms with Gasteiger partial charge in [0.05, 0.1) is 23.6 Å². The van der Waals surface area contributed by atoms with E-state index in [4.69, 9.17) is 0 Å². The molecule has 1 heterocycles. The van der Waals surface area contributed by atoms with Crippen LogP contribution < -0.4 is 0 Å². The Morgan fingerprint density at radius 3 is 2.65 bits per heavy atom. The summed E-state index contributed by atoms with van der Waals surface area (Å²) in [5.74, 6) is -0.00769. The molecule has 0 spiro atoms. The molecule has 0 saturated heterocycles. The first kappa shape index (κ1) is 12.3. The minimum Gasteiger partial charge on any atom is -0.298 e. The van der Waals surface area contributed by atoms with Crippen LogP contribution in [0.5, 0.6) is 0 Å². The number of rotatable bonds is 4. The first-order valence-electron chi connectivity index (χ1n) is 5.85. The zero-order chi connectivity index (χ0) is 12.5. The average molecular weight is 256 g/mol. The van der Waals surface area contributed by atoms with Crippen molar-refractivity contribution in [2.24, 2.45) is 0 Å². The number of hydrogen-bond acceptors (Lipinski definition) is 4. The maximum absolute atomic E-state index is 12.0. The van der Waals surface area contributed by atoms with E-state index in [9.17, 15) is 13.2 Å². The van der Waals surface area contributed by atoms with Gasteiger partial charge in [0, 0.05) is 0 Å². The lowest BCUT2D eigenvalue weighted by Gasteiger charge is -2.14. The van der Waals surface area contributed by atoms with Gasteiger partial charge in [-0.3, -0.25) is 9.48 Å². The summed E-state index contributed by atoms with van der Waals surface area (Å²) < 4.78 is 25.5. The minimum atomic E-state index is -3.40. The van der Waals surface area contributed by atoms with E-state index in [0.717, 1.165) is 25.7 Å². The highest BCUT2D eigenvalue weighted by Crippen LogP contribution is 2.32. The second kappa shape index (κ2) is 4.60. The summed E-state index contributed by atoms with van der Waals surface area (Å²) in [6.45, 7) is 1.58. The van der Waals surface area contributed by atoms with Crippen LogP contribution in [-0.4, -0.2) is 30.2 Å². The van der Waals surface area contributed by atoms with Crippen LogP contribution >= 0.6 is 0 Å². The molecule has 1 fully saturated rings. The van der Waals surface area contributed by atoms with Gasteiger partial charge in [-0.25, -0.2) is 8.42 Å². The van der Waals surface area contributed by atoms with Gasteiger partial charge in [0.15, 0.2) is 21.1 Å². The van der Waals surface area contributed by atoms with Gasteiger partial charge in [-0.05, 0) is 12.8 Å². The molecule has 1 aliphatic carbocycles. The van der Waals surface area contributed by atoms with Crippen molar-refractivity contribution >= 4 is 16.1 Å². The van der Waals surface area contributed by atoms with Gasteiger partial charge >= 0.3 is 0 Å². The molecule has 94 valence electrons. The topological polar surface area (TPSA) is 69.0 Å². The van der Waals surface area contributed by atoms with Crippen LogP contribution in [0.15, 0.2) is 11.2 Å². The van der Waals surface area contributed by atoms with Crippen LogP contribution in [0.1, 0.15) is 49.0 Å². The largest absolute Gasteiger partial charge is 0.298 e. The van der Waals surface area contributed by atoms with Crippen molar-refractivity contribution in [2.45, 2.75) is 43.7 Å². The van der Waals surface area contributed by atoms with Crippen LogP contribution in [-0.2, 0) is 9.84 Å². The number of nitrogens with zero attached hydrogens (tertiary/aromatic N) is 2. The summed E-state index contributed by atoms with van der Waals surface area (Å²) in [5.41, 5.74) is 0.179. The van der Waals surface area contributed by atoms with Crippen molar-refractivity contribution in [1.29, 1.82) is 0 Å². The molecule has 0 bridgehead atoms. The van der Waals surface area contributed by atoms with Gasteiger partial charge in [-0.2, -0.15) is 5.10 Å². The molecule has 1 aliphatic rings. The van der Waals surface area contributed by atoms with Crippen molar-refractivity contribution < 1.29 is 13.2 Å². The zero-order valence-electron chi connectivity index (χ0n) is 9.80.